The fourth-order valence-corrected chi connectivity index (χ4v) is 3.64. The lowest BCUT2D eigenvalue weighted by atomic mass is 9.83. The van der Waals surface area contributed by atoms with Crippen molar-refractivity contribution in [3.05, 3.63) is 59.4 Å². The lowest BCUT2D eigenvalue weighted by Crippen LogP contribution is -2.46. The standard InChI is InChI=1S/C20H22FN3O2/c1-14-10-23-12-18(20(2)6-7-26-13-20)22-9-17(23)19(25)24(14)11-15-4-3-5-16(21)8-15/h3-5,8-10H,6-7,11-13H2,1-2H3. The number of ether oxygens (including phenoxy) is 1. The van der Waals surface area contributed by atoms with Crippen LogP contribution in [0.15, 0.2) is 53.1 Å². The molecule has 0 aromatic heterocycles. The molecule has 1 atom stereocenters. The van der Waals surface area contributed by atoms with Crippen molar-refractivity contribution in [1.29, 1.82) is 0 Å². The number of hydrogen-bond acceptors (Lipinski definition) is 4. The van der Waals surface area contributed by atoms with Gasteiger partial charge in [0, 0.05) is 29.6 Å². The third-order valence-electron chi connectivity index (χ3n) is 5.35. The molecule has 4 rings (SSSR count). The highest BCUT2D eigenvalue weighted by molar-refractivity contribution is 6.00. The Morgan fingerprint density at radius 1 is 1.38 bits per heavy atom. The van der Waals surface area contributed by atoms with Gasteiger partial charge in [-0.05, 0) is 31.0 Å². The van der Waals surface area contributed by atoms with E-state index < -0.39 is 0 Å². The number of carbonyl (C=O) groups is 1. The summed E-state index contributed by atoms with van der Waals surface area (Å²) in [5.74, 6) is -0.404. The number of carbonyl (C=O) groups excluding carboxylic acids is 1. The van der Waals surface area contributed by atoms with Gasteiger partial charge in [-0.2, -0.15) is 0 Å². The molecule has 1 amide bonds. The number of hydrogen-bond donors (Lipinski definition) is 0. The summed E-state index contributed by atoms with van der Waals surface area (Å²) in [5.41, 5.74) is 3.14. The number of rotatable bonds is 3. The van der Waals surface area contributed by atoms with Crippen LogP contribution in [0.3, 0.4) is 0 Å². The molecular weight excluding hydrogens is 333 g/mol. The highest BCUT2D eigenvalue weighted by Crippen LogP contribution is 2.34. The summed E-state index contributed by atoms with van der Waals surface area (Å²) in [6.45, 7) is 6.43. The molecule has 0 saturated carbocycles. The van der Waals surface area contributed by atoms with Crippen LogP contribution in [0, 0.1) is 11.2 Å². The number of aliphatic imine (C=N–C) groups is 1. The third-order valence-corrected chi connectivity index (χ3v) is 5.35. The minimum Gasteiger partial charge on any atom is -0.380 e. The first-order valence-corrected chi connectivity index (χ1v) is 8.83. The average Bonchev–Trinajstić information content (AvgIpc) is 3.06. The van der Waals surface area contributed by atoms with E-state index in [4.69, 9.17) is 4.74 Å². The lowest BCUT2D eigenvalue weighted by Gasteiger charge is -2.38. The summed E-state index contributed by atoms with van der Waals surface area (Å²) in [5, 5.41) is 0. The molecule has 26 heavy (non-hydrogen) atoms. The predicted octanol–water partition coefficient (Wildman–Crippen LogP) is 3.05. The van der Waals surface area contributed by atoms with E-state index in [1.807, 2.05) is 24.1 Å². The second kappa shape index (κ2) is 6.36. The summed E-state index contributed by atoms with van der Waals surface area (Å²) >= 11 is 0. The second-order valence-corrected chi connectivity index (χ2v) is 7.37. The third kappa shape index (κ3) is 2.94. The molecule has 136 valence electrons. The zero-order chi connectivity index (χ0) is 18.3. The van der Waals surface area contributed by atoms with E-state index in [2.05, 4.69) is 11.9 Å². The van der Waals surface area contributed by atoms with Crippen molar-refractivity contribution in [3.8, 4) is 0 Å². The molecule has 0 N–H and O–H groups in total. The van der Waals surface area contributed by atoms with E-state index in [-0.39, 0.29) is 17.1 Å². The Morgan fingerprint density at radius 2 is 2.23 bits per heavy atom. The van der Waals surface area contributed by atoms with Crippen LogP contribution in [0.5, 0.6) is 0 Å². The van der Waals surface area contributed by atoms with Crippen LogP contribution in [0.25, 0.3) is 0 Å². The van der Waals surface area contributed by atoms with E-state index in [0.29, 0.717) is 25.4 Å². The number of fused-ring (bicyclic) bond motifs is 1. The summed E-state index contributed by atoms with van der Waals surface area (Å²) in [6, 6.07) is 6.34. The first kappa shape index (κ1) is 17.0. The van der Waals surface area contributed by atoms with Gasteiger partial charge in [-0.3, -0.25) is 9.79 Å². The number of amides is 1. The maximum absolute atomic E-state index is 13.4. The predicted molar refractivity (Wildman–Crippen MR) is 96.5 cm³/mol. The van der Waals surface area contributed by atoms with E-state index in [1.165, 1.54) is 12.1 Å². The van der Waals surface area contributed by atoms with E-state index >= 15 is 0 Å². The highest BCUT2D eigenvalue weighted by atomic mass is 19.1. The van der Waals surface area contributed by atoms with Crippen molar-refractivity contribution in [2.24, 2.45) is 10.4 Å². The summed E-state index contributed by atoms with van der Waals surface area (Å²) in [4.78, 5) is 21.2. The number of allylic oxidation sites excluding steroid dienone is 1. The van der Waals surface area contributed by atoms with Crippen LogP contribution in [0.1, 0.15) is 25.8 Å². The Kier molecular flexibility index (Phi) is 4.15. The quantitative estimate of drug-likeness (QED) is 0.837. The fourth-order valence-electron chi connectivity index (χ4n) is 3.64. The van der Waals surface area contributed by atoms with E-state index in [1.54, 1.807) is 17.2 Å². The Balaban J connectivity index is 1.60. The van der Waals surface area contributed by atoms with Gasteiger partial charge < -0.3 is 14.5 Å². The minimum atomic E-state index is -0.298. The van der Waals surface area contributed by atoms with Crippen molar-refractivity contribution >= 4 is 11.6 Å². The van der Waals surface area contributed by atoms with Gasteiger partial charge in [0.25, 0.3) is 5.91 Å². The molecule has 0 bridgehead atoms. The van der Waals surface area contributed by atoms with Crippen molar-refractivity contribution in [2.75, 3.05) is 19.8 Å². The van der Waals surface area contributed by atoms with Gasteiger partial charge in [0.15, 0.2) is 0 Å². The van der Waals surface area contributed by atoms with Crippen LogP contribution in [0.4, 0.5) is 4.39 Å². The Morgan fingerprint density at radius 3 is 2.96 bits per heavy atom. The number of halogens is 1. The maximum atomic E-state index is 13.4. The molecule has 1 unspecified atom stereocenters. The normalized spacial score (nSPS) is 25.7. The minimum absolute atomic E-state index is 0.0640. The van der Waals surface area contributed by atoms with Crippen LogP contribution in [-0.4, -0.2) is 41.2 Å². The molecule has 3 aliphatic heterocycles. The summed E-state index contributed by atoms with van der Waals surface area (Å²) < 4.78 is 19.0. The molecule has 1 aromatic rings. The summed E-state index contributed by atoms with van der Waals surface area (Å²) in [7, 11) is 0. The molecule has 6 heteroatoms. The summed E-state index contributed by atoms with van der Waals surface area (Å²) in [6.07, 6.45) is 4.58. The highest BCUT2D eigenvalue weighted by Gasteiger charge is 2.39. The zero-order valence-electron chi connectivity index (χ0n) is 15.0. The number of benzene rings is 1. The largest absolute Gasteiger partial charge is 0.380 e. The molecule has 5 nitrogen and oxygen atoms in total. The molecule has 0 spiro atoms. The van der Waals surface area contributed by atoms with Gasteiger partial charge in [0.1, 0.15) is 11.5 Å². The van der Waals surface area contributed by atoms with Crippen molar-refractivity contribution < 1.29 is 13.9 Å². The van der Waals surface area contributed by atoms with Crippen molar-refractivity contribution in [2.45, 2.75) is 26.8 Å². The van der Waals surface area contributed by atoms with Gasteiger partial charge in [0.05, 0.1) is 25.9 Å². The van der Waals surface area contributed by atoms with Crippen LogP contribution in [-0.2, 0) is 16.1 Å². The van der Waals surface area contributed by atoms with Gasteiger partial charge in [-0.1, -0.05) is 19.1 Å². The van der Waals surface area contributed by atoms with Gasteiger partial charge in [-0.25, -0.2) is 4.39 Å². The average molecular weight is 355 g/mol. The van der Waals surface area contributed by atoms with Crippen LogP contribution < -0.4 is 0 Å². The Hall–Kier alpha value is -2.47. The Bertz CT molecular complexity index is 837. The molecule has 1 aromatic carbocycles. The van der Waals surface area contributed by atoms with Crippen molar-refractivity contribution in [3.63, 3.8) is 0 Å². The van der Waals surface area contributed by atoms with Gasteiger partial charge in [-0.15, -0.1) is 0 Å². The zero-order valence-corrected chi connectivity index (χ0v) is 15.0. The van der Waals surface area contributed by atoms with Gasteiger partial charge >= 0.3 is 0 Å². The SMILES string of the molecule is CC1=CN2CC(C3(C)CCOC3)=NC=C2C(=O)N1Cc1cccc(F)c1. The molecule has 0 radical (unpaired) electrons. The molecular formula is C20H22FN3O2. The molecule has 1 fully saturated rings. The van der Waals surface area contributed by atoms with Crippen molar-refractivity contribution in [1.82, 2.24) is 9.80 Å². The monoisotopic (exact) mass is 355 g/mol. The van der Waals surface area contributed by atoms with E-state index in [0.717, 1.165) is 30.0 Å². The second-order valence-electron chi connectivity index (χ2n) is 7.37. The first-order valence-electron chi connectivity index (χ1n) is 8.83. The smallest absolute Gasteiger partial charge is 0.276 e. The van der Waals surface area contributed by atoms with Gasteiger partial charge in [0.2, 0.25) is 0 Å². The van der Waals surface area contributed by atoms with Crippen LogP contribution >= 0.6 is 0 Å². The molecule has 3 heterocycles. The van der Waals surface area contributed by atoms with E-state index in [9.17, 15) is 9.18 Å². The number of nitrogens with zero attached hydrogens (tertiary/aromatic N) is 3. The fraction of sp³-hybridized carbons (Fsp3) is 0.400. The molecule has 1 saturated heterocycles. The Labute approximate surface area is 152 Å². The molecule has 3 aliphatic rings. The maximum Gasteiger partial charge on any atom is 0.276 e. The first-order chi connectivity index (χ1) is 12.5. The van der Waals surface area contributed by atoms with Crippen LogP contribution in [0.2, 0.25) is 0 Å². The molecule has 0 aliphatic carbocycles. The lowest BCUT2D eigenvalue weighted by molar-refractivity contribution is -0.128. The topological polar surface area (TPSA) is 45.1 Å².